The number of pyridine rings is 1. The Morgan fingerprint density at radius 2 is 1.92 bits per heavy atom. The van der Waals surface area contributed by atoms with Crippen LogP contribution in [0.3, 0.4) is 0 Å². The number of nitrogens with zero attached hydrogens (tertiary/aromatic N) is 4. The quantitative estimate of drug-likeness (QED) is 0.774. The molecular formula is C17H18ClN5O. The van der Waals surface area contributed by atoms with E-state index in [1.54, 1.807) is 7.11 Å². The number of rotatable bonds is 4. The van der Waals surface area contributed by atoms with E-state index in [0.717, 1.165) is 16.8 Å². The highest BCUT2D eigenvalue weighted by Gasteiger charge is 2.15. The van der Waals surface area contributed by atoms with Crippen molar-refractivity contribution in [3.8, 4) is 28.7 Å². The molecule has 0 unspecified atom stereocenters. The third-order valence-electron chi connectivity index (χ3n) is 3.68. The Labute approximate surface area is 145 Å². The average molecular weight is 344 g/mol. The summed E-state index contributed by atoms with van der Waals surface area (Å²) in [5, 5.41) is 8.60. The third-order valence-corrected chi connectivity index (χ3v) is 3.97. The van der Waals surface area contributed by atoms with Crippen molar-refractivity contribution in [2.45, 2.75) is 26.7 Å². The molecule has 0 aliphatic carbocycles. The van der Waals surface area contributed by atoms with Crippen LogP contribution in [0, 0.1) is 6.92 Å². The molecular weight excluding hydrogens is 326 g/mol. The molecule has 0 aromatic carbocycles. The van der Waals surface area contributed by atoms with Gasteiger partial charge in [0.05, 0.1) is 24.1 Å². The molecule has 124 valence electrons. The first-order valence-corrected chi connectivity index (χ1v) is 7.98. The van der Waals surface area contributed by atoms with Crippen LogP contribution in [0.15, 0.2) is 24.4 Å². The second-order valence-electron chi connectivity index (χ2n) is 5.77. The van der Waals surface area contributed by atoms with E-state index in [1.807, 2.05) is 31.3 Å². The van der Waals surface area contributed by atoms with Crippen LogP contribution in [0.1, 0.15) is 31.0 Å². The molecule has 0 fully saturated rings. The molecule has 0 saturated heterocycles. The minimum Gasteiger partial charge on any atom is -0.480 e. The summed E-state index contributed by atoms with van der Waals surface area (Å²) in [4.78, 5) is 12.1. The number of methoxy groups -OCH3 is 1. The molecule has 3 rings (SSSR count). The van der Waals surface area contributed by atoms with Gasteiger partial charge < -0.3 is 9.72 Å². The standard InChI is InChI=1S/C17H18ClN5O/c1-9(2)12-7-14(22-23-15(12)18)13-6-5-11(17(21-13)24-4)16-19-8-10(3)20-16/h5-9H,1-4H3,(H,19,20). The van der Waals surface area contributed by atoms with Gasteiger partial charge >= 0.3 is 0 Å². The predicted molar refractivity (Wildman–Crippen MR) is 93.2 cm³/mol. The lowest BCUT2D eigenvalue weighted by Gasteiger charge is -2.10. The topological polar surface area (TPSA) is 76.6 Å². The summed E-state index contributed by atoms with van der Waals surface area (Å²) >= 11 is 6.11. The van der Waals surface area contributed by atoms with Gasteiger partial charge in [-0.3, -0.25) is 0 Å². The molecule has 1 N–H and O–H groups in total. The number of aryl methyl sites for hydroxylation is 1. The first-order valence-electron chi connectivity index (χ1n) is 7.60. The highest BCUT2D eigenvalue weighted by molar-refractivity contribution is 6.30. The number of hydrogen-bond acceptors (Lipinski definition) is 5. The van der Waals surface area contributed by atoms with Gasteiger partial charge in [-0.1, -0.05) is 25.4 Å². The minimum atomic E-state index is 0.249. The van der Waals surface area contributed by atoms with E-state index in [-0.39, 0.29) is 5.92 Å². The number of halogens is 1. The van der Waals surface area contributed by atoms with Crippen LogP contribution >= 0.6 is 11.6 Å². The van der Waals surface area contributed by atoms with Crippen LogP contribution in [0.25, 0.3) is 22.8 Å². The van der Waals surface area contributed by atoms with Gasteiger partial charge in [0, 0.05) is 6.20 Å². The van der Waals surface area contributed by atoms with Crippen molar-refractivity contribution >= 4 is 11.6 Å². The van der Waals surface area contributed by atoms with Gasteiger partial charge in [0.2, 0.25) is 5.88 Å². The molecule has 3 aromatic rings. The molecule has 0 aliphatic rings. The Hall–Kier alpha value is -2.47. The number of aromatic nitrogens is 5. The Morgan fingerprint density at radius 3 is 2.54 bits per heavy atom. The molecule has 3 heterocycles. The smallest absolute Gasteiger partial charge is 0.224 e. The van der Waals surface area contributed by atoms with Crippen LogP contribution in [0.5, 0.6) is 5.88 Å². The van der Waals surface area contributed by atoms with Gasteiger partial charge in [0.15, 0.2) is 5.15 Å². The Bertz CT molecular complexity index is 875. The fourth-order valence-corrected chi connectivity index (χ4v) is 2.70. The summed E-state index contributed by atoms with van der Waals surface area (Å²) in [7, 11) is 1.58. The maximum absolute atomic E-state index is 6.11. The van der Waals surface area contributed by atoms with E-state index in [4.69, 9.17) is 16.3 Å². The normalized spacial score (nSPS) is 11.1. The lowest BCUT2D eigenvalue weighted by Crippen LogP contribution is -1.99. The summed E-state index contributed by atoms with van der Waals surface area (Å²) in [6, 6.07) is 5.70. The van der Waals surface area contributed by atoms with Crippen LogP contribution in [0.2, 0.25) is 5.15 Å². The van der Waals surface area contributed by atoms with E-state index in [0.29, 0.717) is 28.2 Å². The van der Waals surface area contributed by atoms with Crippen molar-refractivity contribution in [3.63, 3.8) is 0 Å². The molecule has 0 amide bonds. The molecule has 3 aromatic heterocycles. The van der Waals surface area contributed by atoms with Gasteiger partial charge in [0.25, 0.3) is 0 Å². The minimum absolute atomic E-state index is 0.249. The van der Waals surface area contributed by atoms with Crippen molar-refractivity contribution < 1.29 is 4.74 Å². The van der Waals surface area contributed by atoms with Crippen molar-refractivity contribution in [1.82, 2.24) is 25.1 Å². The molecule has 0 aliphatic heterocycles. The number of hydrogen-bond donors (Lipinski definition) is 1. The van der Waals surface area contributed by atoms with E-state index in [9.17, 15) is 0 Å². The van der Waals surface area contributed by atoms with Crippen LogP contribution in [-0.2, 0) is 0 Å². The molecule has 6 nitrogen and oxygen atoms in total. The lowest BCUT2D eigenvalue weighted by atomic mass is 10.0. The fraction of sp³-hybridized carbons (Fsp3) is 0.294. The van der Waals surface area contributed by atoms with E-state index in [1.165, 1.54) is 0 Å². The van der Waals surface area contributed by atoms with Crippen LogP contribution < -0.4 is 4.74 Å². The van der Waals surface area contributed by atoms with E-state index in [2.05, 4.69) is 39.0 Å². The molecule has 7 heteroatoms. The summed E-state index contributed by atoms with van der Waals surface area (Å²) in [6.07, 6.45) is 1.84. The number of aromatic amines is 1. The number of nitrogens with one attached hydrogen (secondary N) is 1. The highest BCUT2D eigenvalue weighted by atomic mass is 35.5. The zero-order chi connectivity index (χ0) is 17.3. The van der Waals surface area contributed by atoms with Crippen molar-refractivity contribution in [2.75, 3.05) is 7.11 Å². The van der Waals surface area contributed by atoms with Gasteiger partial charge in [-0.05, 0) is 36.6 Å². The first kappa shape index (κ1) is 16.4. The zero-order valence-electron chi connectivity index (χ0n) is 14.0. The molecule has 0 radical (unpaired) electrons. The Kier molecular flexibility index (Phi) is 4.49. The van der Waals surface area contributed by atoms with Crippen LogP contribution in [-0.4, -0.2) is 32.3 Å². The first-order chi connectivity index (χ1) is 11.5. The Balaban J connectivity index is 2.06. The van der Waals surface area contributed by atoms with Gasteiger partial charge in [-0.2, -0.15) is 0 Å². The summed E-state index contributed by atoms with van der Waals surface area (Å²) < 4.78 is 5.43. The maximum Gasteiger partial charge on any atom is 0.224 e. The molecule has 0 spiro atoms. The average Bonchev–Trinajstić information content (AvgIpc) is 3.00. The SMILES string of the molecule is COc1nc(-c2cc(C(C)C)c(Cl)nn2)ccc1-c1nc(C)c[nH]1. The van der Waals surface area contributed by atoms with Crippen molar-refractivity contribution in [1.29, 1.82) is 0 Å². The number of ether oxygens (including phenoxy) is 1. The van der Waals surface area contributed by atoms with Gasteiger partial charge in [-0.15, -0.1) is 10.2 Å². The van der Waals surface area contributed by atoms with Crippen molar-refractivity contribution in [3.05, 3.63) is 40.8 Å². The third kappa shape index (κ3) is 3.10. The number of H-pyrrole nitrogens is 1. The highest BCUT2D eigenvalue weighted by Crippen LogP contribution is 2.30. The maximum atomic E-state index is 6.11. The van der Waals surface area contributed by atoms with Gasteiger partial charge in [-0.25, -0.2) is 9.97 Å². The number of imidazole rings is 1. The Morgan fingerprint density at radius 1 is 1.12 bits per heavy atom. The summed E-state index contributed by atoms with van der Waals surface area (Å²) in [6.45, 7) is 6.04. The predicted octanol–water partition coefficient (Wildman–Crippen LogP) is 4.02. The van der Waals surface area contributed by atoms with E-state index < -0.39 is 0 Å². The zero-order valence-corrected chi connectivity index (χ0v) is 14.7. The second-order valence-corrected chi connectivity index (χ2v) is 6.13. The molecule has 0 bridgehead atoms. The van der Waals surface area contributed by atoms with Crippen LogP contribution in [0.4, 0.5) is 0 Å². The monoisotopic (exact) mass is 343 g/mol. The fourth-order valence-electron chi connectivity index (χ4n) is 2.39. The largest absolute Gasteiger partial charge is 0.480 e. The lowest BCUT2D eigenvalue weighted by molar-refractivity contribution is 0.400. The second kappa shape index (κ2) is 6.57. The molecule has 0 atom stereocenters. The van der Waals surface area contributed by atoms with Crippen molar-refractivity contribution in [2.24, 2.45) is 0 Å². The van der Waals surface area contributed by atoms with E-state index >= 15 is 0 Å². The molecule has 0 saturated carbocycles. The van der Waals surface area contributed by atoms with Gasteiger partial charge in [0.1, 0.15) is 11.5 Å². The summed E-state index contributed by atoms with van der Waals surface area (Å²) in [5.74, 6) is 1.44. The molecule has 24 heavy (non-hydrogen) atoms. The summed E-state index contributed by atoms with van der Waals surface area (Å²) in [5.41, 5.74) is 3.96.